The van der Waals surface area contributed by atoms with E-state index in [0.717, 1.165) is 11.1 Å². The molecule has 12 heteroatoms. The topological polar surface area (TPSA) is 178 Å². The van der Waals surface area contributed by atoms with Gasteiger partial charge in [0.25, 0.3) is 5.91 Å². The molecule has 5 rings (SSSR count). The maximum Gasteiger partial charge on any atom is 0.254 e. The number of nitrogens with zero attached hydrogens (tertiary/aromatic N) is 1. The lowest BCUT2D eigenvalue weighted by molar-refractivity contribution is -0.277. The summed E-state index contributed by atoms with van der Waals surface area (Å²) in [6.45, 7) is 1.57. The summed E-state index contributed by atoms with van der Waals surface area (Å²) in [7, 11) is 3.24. The Morgan fingerprint density at radius 3 is 2.60 bits per heavy atom. The Bertz CT molecular complexity index is 1520. The molecule has 0 aliphatic carbocycles. The molecule has 0 spiro atoms. The lowest BCUT2D eigenvalue weighted by Gasteiger charge is -2.39. The molecule has 12 nitrogen and oxygen atoms in total. The van der Waals surface area contributed by atoms with Gasteiger partial charge in [-0.3, -0.25) is 9.59 Å². The van der Waals surface area contributed by atoms with Crippen molar-refractivity contribution in [2.45, 2.75) is 50.7 Å². The van der Waals surface area contributed by atoms with E-state index >= 15 is 0 Å². The summed E-state index contributed by atoms with van der Waals surface area (Å²) in [4.78, 5) is 28.2. The molecule has 6 N–H and O–H groups in total. The van der Waals surface area contributed by atoms with Gasteiger partial charge in [-0.05, 0) is 48.2 Å². The molecule has 2 aliphatic rings. The number of Topliss-reactive ketones (excluding diaryl/α,β-unsaturated/α-hetero) is 1. The molecule has 2 heterocycles. The number of amides is 1. The van der Waals surface area contributed by atoms with Gasteiger partial charge in [0.15, 0.2) is 5.78 Å². The molecule has 0 aromatic heterocycles. The highest BCUT2D eigenvalue weighted by Gasteiger charge is 2.45. The number of aryl methyl sites for hydroxylation is 1. The number of fused-ring (bicyclic) bond motifs is 2. The van der Waals surface area contributed by atoms with E-state index in [-0.39, 0.29) is 35.7 Å². The third kappa shape index (κ3) is 5.17. The van der Waals surface area contributed by atoms with E-state index in [4.69, 9.17) is 14.2 Å². The first kappa shape index (κ1) is 29.7. The van der Waals surface area contributed by atoms with Gasteiger partial charge in [-0.1, -0.05) is 18.2 Å². The maximum atomic E-state index is 13.6. The molecule has 0 saturated carbocycles. The van der Waals surface area contributed by atoms with Crippen molar-refractivity contribution >= 4 is 22.5 Å². The first-order valence-corrected chi connectivity index (χ1v) is 13.5. The van der Waals surface area contributed by atoms with E-state index in [9.17, 15) is 35.1 Å². The van der Waals surface area contributed by atoms with E-state index in [2.05, 4.69) is 5.32 Å². The van der Waals surface area contributed by atoms with Gasteiger partial charge < -0.3 is 50.0 Å². The summed E-state index contributed by atoms with van der Waals surface area (Å²) in [5.41, 5.74) is 2.80. The van der Waals surface area contributed by atoms with Gasteiger partial charge in [0, 0.05) is 24.7 Å². The number of benzene rings is 3. The van der Waals surface area contributed by atoms with Crippen LogP contribution < -0.4 is 14.8 Å². The van der Waals surface area contributed by atoms with Gasteiger partial charge in [0.05, 0.1) is 31.2 Å². The molecular formula is C30H34N2O10. The molecule has 0 unspecified atom stereocenters. The zero-order chi connectivity index (χ0) is 30.3. The van der Waals surface area contributed by atoms with Crippen molar-refractivity contribution < 1.29 is 49.3 Å². The summed E-state index contributed by atoms with van der Waals surface area (Å²) in [6, 6.07) is 10.2. The number of carbonyl (C=O) groups excluding carboxylic acids is 2. The minimum atomic E-state index is -1.70. The van der Waals surface area contributed by atoms with Crippen LogP contribution in [0.15, 0.2) is 36.4 Å². The van der Waals surface area contributed by atoms with Gasteiger partial charge in [-0.15, -0.1) is 0 Å². The predicted molar refractivity (Wildman–Crippen MR) is 150 cm³/mol. The van der Waals surface area contributed by atoms with Gasteiger partial charge in [-0.2, -0.15) is 0 Å². The van der Waals surface area contributed by atoms with Crippen LogP contribution >= 0.6 is 0 Å². The molecule has 3 aromatic rings. The fourth-order valence-electron chi connectivity index (χ4n) is 5.64. The van der Waals surface area contributed by atoms with Gasteiger partial charge in [-0.25, -0.2) is 0 Å². The molecule has 1 amide bonds. The number of phenols is 1. The number of carbonyl (C=O) groups is 2. The van der Waals surface area contributed by atoms with E-state index in [1.54, 1.807) is 31.2 Å². The Labute approximate surface area is 241 Å². The molecule has 0 radical (unpaired) electrons. The van der Waals surface area contributed by atoms with Crippen LogP contribution in [-0.4, -0.2) is 100 Å². The summed E-state index contributed by atoms with van der Waals surface area (Å²) in [5, 5.41) is 55.5. The van der Waals surface area contributed by atoms with E-state index in [1.165, 1.54) is 18.1 Å². The normalized spacial score (nSPS) is 23.7. The quantitative estimate of drug-likeness (QED) is 0.195. The number of aromatic hydroxyl groups is 1. The Morgan fingerprint density at radius 1 is 1.14 bits per heavy atom. The third-order valence-corrected chi connectivity index (χ3v) is 7.79. The largest absolute Gasteiger partial charge is 0.506 e. The van der Waals surface area contributed by atoms with Gasteiger partial charge in [0.2, 0.25) is 6.29 Å². The molecule has 42 heavy (non-hydrogen) atoms. The average molecular weight is 583 g/mol. The van der Waals surface area contributed by atoms with E-state index in [1.807, 2.05) is 13.1 Å². The highest BCUT2D eigenvalue weighted by atomic mass is 16.7. The minimum absolute atomic E-state index is 0.00877. The van der Waals surface area contributed by atoms with Crippen molar-refractivity contribution in [1.82, 2.24) is 10.2 Å². The molecule has 2 aliphatic heterocycles. The molecule has 0 bridgehead atoms. The van der Waals surface area contributed by atoms with Crippen molar-refractivity contribution in [3.05, 3.63) is 64.2 Å². The molecule has 1 saturated heterocycles. The van der Waals surface area contributed by atoms with Crippen molar-refractivity contribution in [3.63, 3.8) is 0 Å². The van der Waals surface area contributed by atoms with Crippen molar-refractivity contribution in [1.29, 1.82) is 0 Å². The van der Waals surface area contributed by atoms with Crippen LogP contribution in [-0.2, 0) is 17.8 Å². The van der Waals surface area contributed by atoms with Gasteiger partial charge >= 0.3 is 0 Å². The number of ether oxygens (including phenoxy) is 3. The molecular weight excluding hydrogens is 548 g/mol. The molecule has 224 valence electrons. The van der Waals surface area contributed by atoms with E-state index in [0.29, 0.717) is 28.8 Å². The maximum absolute atomic E-state index is 13.6. The summed E-state index contributed by atoms with van der Waals surface area (Å²) < 4.78 is 16.7. The van der Waals surface area contributed by atoms with Crippen molar-refractivity contribution in [3.8, 4) is 17.2 Å². The van der Waals surface area contributed by atoms with Gasteiger partial charge in [0.1, 0.15) is 41.7 Å². The van der Waals surface area contributed by atoms with Crippen LogP contribution in [0.5, 0.6) is 17.2 Å². The second-order valence-electron chi connectivity index (χ2n) is 10.5. The average Bonchev–Trinajstić information content (AvgIpc) is 3.28. The van der Waals surface area contributed by atoms with Crippen molar-refractivity contribution in [2.24, 2.45) is 0 Å². The monoisotopic (exact) mass is 582 g/mol. The number of nitrogens with one attached hydrogen (secondary N) is 1. The van der Waals surface area contributed by atoms with Crippen LogP contribution in [0.3, 0.4) is 0 Å². The standard InChI is InChI=1S/C30H34N2O10/c1-14-7-16-8-17(40-3)9-21(41-30-28(38)27(37)25(35)22(13-33)42-30)24(16)26(36)23(14)20(34)12-32-11-19-15(10-31-2)5-4-6-18(19)29(32)39/h4-9,22,25,27-28,30-31,33,35-38H,10-13H2,1-3H3/t22-,25-,27+,28-,30-/m1/s1. The van der Waals surface area contributed by atoms with Crippen LogP contribution in [0, 0.1) is 6.92 Å². The Kier molecular flexibility index (Phi) is 8.37. The highest BCUT2D eigenvalue weighted by Crippen LogP contribution is 2.42. The lowest BCUT2D eigenvalue weighted by Crippen LogP contribution is -2.60. The molecule has 5 atom stereocenters. The number of hydrogen-bond acceptors (Lipinski definition) is 11. The van der Waals surface area contributed by atoms with Crippen LogP contribution in [0.4, 0.5) is 0 Å². The number of aliphatic hydroxyl groups is 4. The second kappa shape index (κ2) is 11.8. The smallest absolute Gasteiger partial charge is 0.254 e. The zero-order valence-electron chi connectivity index (χ0n) is 23.4. The number of ketones is 1. The van der Waals surface area contributed by atoms with Crippen molar-refractivity contribution in [2.75, 3.05) is 27.3 Å². The second-order valence-corrected chi connectivity index (χ2v) is 10.5. The highest BCUT2D eigenvalue weighted by molar-refractivity contribution is 6.10. The van der Waals surface area contributed by atoms with Crippen LogP contribution in [0.2, 0.25) is 0 Å². The number of hydrogen-bond donors (Lipinski definition) is 6. The summed E-state index contributed by atoms with van der Waals surface area (Å²) in [5.74, 6) is -0.875. The first-order chi connectivity index (χ1) is 20.1. The Balaban J connectivity index is 1.49. The lowest BCUT2D eigenvalue weighted by atomic mass is 9.96. The summed E-state index contributed by atoms with van der Waals surface area (Å²) >= 11 is 0. The SMILES string of the molecule is CNCc1cccc2c1CN(CC(=O)c1c(C)cc3cc(OC)cc(O[C@@H]4O[C@H](CO)[C@@H](O)[C@H](O)[C@H]4O)c3c1O)C2=O. The predicted octanol–water partition coefficient (Wildman–Crippen LogP) is 0.599. The summed E-state index contributed by atoms with van der Waals surface area (Å²) in [6.07, 6.45) is -7.71. The fraction of sp³-hybridized carbons (Fsp3) is 0.400. The first-order valence-electron chi connectivity index (χ1n) is 13.5. The third-order valence-electron chi connectivity index (χ3n) is 7.79. The molecule has 3 aromatic carbocycles. The van der Waals surface area contributed by atoms with E-state index < -0.39 is 48.8 Å². The zero-order valence-corrected chi connectivity index (χ0v) is 23.4. The van der Waals surface area contributed by atoms with Crippen LogP contribution in [0.1, 0.15) is 37.4 Å². The van der Waals surface area contributed by atoms with Crippen LogP contribution in [0.25, 0.3) is 10.8 Å². The number of rotatable bonds is 9. The Hall–Kier alpha value is -3.78. The number of methoxy groups -OCH3 is 1. The minimum Gasteiger partial charge on any atom is -0.506 e. The number of phenolic OH excluding ortho intramolecular Hbond substituents is 1. The molecule has 1 fully saturated rings. The fourth-order valence-corrected chi connectivity index (χ4v) is 5.64. The Morgan fingerprint density at radius 2 is 1.90 bits per heavy atom. The number of aliphatic hydroxyl groups excluding tert-OH is 4.